The van der Waals surface area contributed by atoms with E-state index in [1.165, 1.54) is 4.90 Å². The number of amides is 1. The molecule has 0 aliphatic carbocycles. The first-order valence-corrected chi connectivity index (χ1v) is 6.17. The number of carboxylic acids is 1. The van der Waals surface area contributed by atoms with Gasteiger partial charge in [-0.05, 0) is 38.1 Å². The summed E-state index contributed by atoms with van der Waals surface area (Å²) in [5.41, 5.74) is 0. The van der Waals surface area contributed by atoms with E-state index in [2.05, 4.69) is 0 Å². The van der Waals surface area contributed by atoms with Crippen LogP contribution in [0.5, 0.6) is 5.75 Å². The molecule has 0 saturated carbocycles. The summed E-state index contributed by atoms with van der Waals surface area (Å²) in [6, 6.07) is 6.40. The lowest BCUT2D eigenvalue weighted by Gasteiger charge is -2.24. The van der Waals surface area contributed by atoms with Gasteiger partial charge in [0.2, 0.25) is 0 Å². The SMILES string of the molecule is CC(C)N(CC(=O)O)C(=O)COc1ccc(Cl)cc1. The average molecular weight is 286 g/mol. The Morgan fingerprint density at radius 3 is 2.37 bits per heavy atom. The summed E-state index contributed by atoms with van der Waals surface area (Å²) >= 11 is 5.73. The molecule has 19 heavy (non-hydrogen) atoms. The Balaban J connectivity index is 2.57. The third-order valence-electron chi connectivity index (χ3n) is 2.43. The van der Waals surface area contributed by atoms with E-state index >= 15 is 0 Å². The average Bonchev–Trinajstić information content (AvgIpc) is 2.34. The van der Waals surface area contributed by atoms with Crippen LogP contribution in [-0.4, -0.2) is 41.1 Å². The zero-order valence-corrected chi connectivity index (χ0v) is 11.6. The summed E-state index contributed by atoms with van der Waals surface area (Å²) in [4.78, 5) is 23.8. The fourth-order valence-corrected chi connectivity index (χ4v) is 1.59. The molecule has 0 aliphatic heterocycles. The van der Waals surface area contributed by atoms with E-state index in [-0.39, 0.29) is 25.1 Å². The zero-order chi connectivity index (χ0) is 14.4. The van der Waals surface area contributed by atoms with Crippen LogP contribution in [0.1, 0.15) is 13.8 Å². The van der Waals surface area contributed by atoms with Crippen molar-refractivity contribution in [3.8, 4) is 5.75 Å². The number of ether oxygens (including phenoxy) is 1. The Labute approximate surface area is 116 Å². The van der Waals surface area contributed by atoms with Crippen LogP contribution < -0.4 is 4.74 Å². The molecule has 0 atom stereocenters. The molecule has 0 saturated heterocycles. The monoisotopic (exact) mass is 285 g/mol. The lowest BCUT2D eigenvalue weighted by molar-refractivity contribution is -0.146. The molecule has 1 rings (SSSR count). The third-order valence-corrected chi connectivity index (χ3v) is 2.68. The molecular weight excluding hydrogens is 270 g/mol. The second kappa shape index (κ2) is 6.99. The van der Waals surface area contributed by atoms with Gasteiger partial charge in [0.05, 0.1) is 0 Å². The Kier molecular flexibility index (Phi) is 5.63. The van der Waals surface area contributed by atoms with Gasteiger partial charge in [-0.25, -0.2) is 0 Å². The number of carbonyl (C=O) groups is 2. The second-order valence-corrected chi connectivity index (χ2v) is 4.69. The second-order valence-electron chi connectivity index (χ2n) is 4.25. The van der Waals surface area contributed by atoms with Crippen molar-refractivity contribution in [3.05, 3.63) is 29.3 Å². The number of aliphatic carboxylic acids is 1. The summed E-state index contributed by atoms with van der Waals surface area (Å²) < 4.78 is 5.29. The topological polar surface area (TPSA) is 66.8 Å². The minimum Gasteiger partial charge on any atom is -0.484 e. The Morgan fingerprint density at radius 1 is 1.32 bits per heavy atom. The number of rotatable bonds is 6. The molecule has 0 bridgehead atoms. The van der Waals surface area contributed by atoms with E-state index in [1.54, 1.807) is 38.1 Å². The summed E-state index contributed by atoms with van der Waals surface area (Å²) in [5, 5.41) is 9.33. The Bertz CT molecular complexity index is 444. The summed E-state index contributed by atoms with van der Waals surface area (Å²) in [6.45, 7) is 2.97. The van der Waals surface area contributed by atoms with Crippen molar-refractivity contribution in [2.75, 3.05) is 13.2 Å². The van der Waals surface area contributed by atoms with E-state index in [0.29, 0.717) is 10.8 Å². The molecule has 104 valence electrons. The number of benzene rings is 1. The van der Waals surface area contributed by atoms with E-state index in [4.69, 9.17) is 21.4 Å². The minimum absolute atomic E-state index is 0.197. The molecular formula is C13H16ClNO4. The first-order chi connectivity index (χ1) is 8.90. The summed E-state index contributed by atoms with van der Waals surface area (Å²) in [5.74, 6) is -0.905. The van der Waals surface area contributed by atoms with Crippen LogP contribution in [0.4, 0.5) is 0 Å². The number of hydrogen-bond acceptors (Lipinski definition) is 3. The third kappa shape index (κ3) is 5.18. The molecule has 5 nitrogen and oxygen atoms in total. The molecule has 0 aromatic heterocycles. The van der Waals surface area contributed by atoms with Crippen LogP contribution in [-0.2, 0) is 9.59 Å². The first-order valence-electron chi connectivity index (χ1n) is 5.79. The van der Waals surface area contributed by atoms with Gasteiger partial charge >= 0.3 is 5.97 Å². The maximum atomic E-state index is 11.9. The highest BCUT2D eigenvalue weighted by Crippen LogP contribution is 2.15. The summed E-state index contributed by atoms with van der Waals surface area (Å²) in [7, 11) is 0. The fourth-order valence-electron chi connectivity index (χ4n) is 1.46. The number of carboxylic acid groups (broad SMARTS) is 1. The maximum absolute atomic E-state index is 11.9. The molecule has 0 radical (unpaired) electrons. The molecule has 0 unspecified atom stereocenters. The molecule has 0 heterocycles. The Morgan fingerprint density at radius 2 is 1.89 bits per heavy atom. The molecule has 1 N–H and O–H groups in total. The van der Waals surface area contributed by atoms with Gasteiger partial charge in [0.25, 0.3) is 5.91 Å². The van der Waals surface area contributed by atoms with E-state index < -0.39 is 5.97 Å². The van der Waals surface area contributed by atoms with Crippen LogP contribution >= 0.6 is 11.6 Å². The van der Waals surface area contributed by atoms with Crippen molar-refractivity contribution < 1.29 is 19.4 Å². The van der Waals surface area contributed by atoms with E-state index in [9.17, 15) is 9.59 Å². The van der Waals surface area contributed by atoms with Crippen LogP contribution in [0.2, 0.25) is 5.02 Å². The minimum atomic E-state index is -1.05. The van der Waals surface area contributed by atoms with Gasteiger partial charge in [-0.2, -0.15) is 0 Å². The van der Waals surface area contributed by atoms with E-state index in [1.807, 2.05) is 0 Å². The predicted molar refractivity (Wildman–Crippen MR) is 71.4 cm³/mol. The summed E-state index contributed by atoms with van der Waals surface area (Å²) in [6.07, 6.45) is 0. The van der Waals surface area contributed by atoms with Crippen molar-refractivity contribution >= 4 is 23.5 Å². The number of hydrogen-bond donors (Lipinski definition) is 1. The molecule has 6 heteroatoms. The van der Waals surface area contributed by atoms with Crippen LogP contribution in [0.15, 0.2) is 24.3 Å². The predicted octanol–water partition coefficient (Wildman–Crippen LogP) is 2.04. The van der Waals surface area contributed by atoms with Crippen LogP contribution in [0.3, 0.4) is 0 Å². The van der Waals surface area contributed by atoms with Crippen molar-refractivity contribution in [2.45, 2.75) is 19.9 Å². The van der Waals surface area contributed by atoms with Gasteiger partial charge in [0.15, 0.2) is 6.61 Å². The number of carbonyl (C=O) groups excluding carboxylic acids is 1. The Hall–Kier alpha value is -1.75. The number of nitrogens with zero attached hydrogens (tertiary/aromatic N) is 1. The molecule has 0 fully saturated rings. The van der Waals surface area contributed by atoms with Gasteiger partial charge in [0, 0.05) is 11.1 Å². The quantitative estimate of drug-likeness (QED) is 0.868. The largest absolute Gasteiger partial charge is 0.484 e. The van der Waals surface area contributed by atoms with Gasteiger partial charge in [0.1, 0.15) is 12.3 Å². The van der Waals surface area contributed by atoms with Crippen LogP contribution in [0.25, 0.3) is 0 Å². The van der Waals surface area contributed by atoms with Crippen molar-refractivity contribution in [1.82, 2.24) is 4.90 Å². The van der Waals surface area contributed by atoms with Crippen LogP contribution in [0, 0.1) is 0 Å². The lowest BCUT2D eigenvalue weighted by Crippen LogP contribution is -2.43. The first kappa shape index (κ1) is 15.3. The fraction of sp³-hybridized carbons (Fsp3) is 0.385. The highest BCUT2D eigenvalue weighted by molar-refractivity contribution is 6.30. The molecule has 1 aromatic carbocycles. The normalized spacial score (nSPS) is 10.3. The standard InChI is InChI=1S/C13H16ClNO4/c1-9(2)15(7-13(17)18)12(16)8-19-11-5-3-10(14)4-6-11/h3-6,9H,7-8H2,1-2H3,(H,17,18). The van der Waals surface area contributed by atoms with Crippen molar-refractivity contribution in [1.29, 1.82) is 0 Å². The van der Waals surface area contributed by atoms with Gasteiger partial charge in [-0.3, -0.25) is 9.59 Å². The molecule has 0 aliphatic rings. The van der Waals surface area contributed by atoms with Crippen molar-refractivity contribution in [2.24, 2.45) is 0 Å². The van der Waals surface area contributed by atoms with E-state index in [0.717, 1.165) is 0 Å². The smallest absolute Gasteiger partial charge is 0.323 e. The maximum Gasteiger partial charge on any atom is 0.323 e. The number of halogens is 1. The molecule has 0 spiro atoms. The highest BCUT2D eigenvalue weighted by atomic mass is 35.5. The van der Waals surface area contributed by atoms with Gasteiger partial charge in [-0.1, -0.05) is 11.6 Å². The highest BCUT2D eigenvalue weighted by Gasteiger charge is 2.20. The molecule has 1 aromatic rings. The molecule has 1 amide bonds. The lowest BCUT2D eigenvalue weighted by atomic mass is 10.3. The van der Waals surface area contributed by atoms with Gasteiger partial charge in [-0.15, -0.1) is 0 Å². The zero-order valence-electron chi connectivity index (χ0n) is 10.8. The van der Waals surface area contributed by atoms with Gasteiger partial charge < -0.3 is 14.7 Å². The van der Waals surface area contributed by atoms with Crippen molar-refractivity contribution in [3.63, 3.8) is 0 Å².